The molecule has 2 aromatic carbocycles. The number of halogens is 4. The number of carbonyl (C=O) groups excluding carboxylic acids is 1. The van der Waals surface area contributed by atoms with Crippen LogP contribution in [0, 0.1) is 0 Å². The molecule has 1 amide bonds. The fourth-order valence-corrected chi connectivity index (χ4v) is 3.25. The second-order valence-electron chi connectivity index (χ2n) is 5.50. The van der Waals surface area contributed by atoms with Crippen LogP contribution in [0.25, 0.3) is 0 Å². The average Bonchev–Trinajstić information content (AvgIpc) is 3.07. The van der Waals surface area contributed by atoms with Gasteiger partial charge in [0.05, 0.1) is 5.69 Å². The lowest BCUT2D eigenvalue weighted by Crippen LogP contribution is -2.20. The highest BCUT2D eigenvalue weighted by atomic mass is 35.5. The molecule has 0 aliphatic heterocycles. The first-order chi connectivity index (χ1) is 12.8. The number of rotatable bonds is 5. The molecule has 9 heteroatoms. The number of hydrogen-bond acceptors (Lipinski definition) is 3. The topological polar surface area (TPSA) is 46.9 Å². The van der Waals surface area contributed by atoms with E-state index in [9.17, 15) is 18.0 Å². The maximum atomic E-state index is 12.6. The number of para-hydroxylation sites is 1. The van der Waals surface area contributed by atoms with Crippen molar-refractivity contribution in [1.29, 1.82) is 0 Å². The molecule has 4 nitrogen and oxygen atoms in total. The van der Waals surface area contributed by atoms with Crippen LogP contribution in [0.4, 0.5) is 18.9 Å². The highest BCUT2D eigenvalue weighted by Crippen LogP contribution is 2.34. The van der Waals surface area contributed by atoms with Crippen LogP contribution in [-0.4, -0.2) is 15.7 Å². The number of hydrogen-bond donors (Lipinski definition) is 1. The quantitative estimate of drug-likeness (QED) is 0.616. The summed E-state index contributed by atoms with van der Waals surface area (Å²) in [5, 5.41) is 6.71. The summed E-state index contributed by atoms with van der Waals surface area (Å²) in [4.78, 5) is 13.9. The maximum absolute atomic E-state index is 12.6. The Morgan fingerprint density at radius 3 is 2.48 bits per heavy atom. The van der Waals surface area contributed by atoms with E-state index < -0.39 is 17.8 Å². The van der Waals surface area contributed by atoms with Crippen LogP contribution in [0.5, 0.6) is 0 Å². The van der Waals surface area contributed by atoms with Crippen LogP contribution >= 0.6 is 23.4 Å². The fraction of sp³-hybridized carbons (Fsp3) is 0.111. The molecule has 1 heterocycles. The van der Waals surface area contributed by atoms with Crippen molar-refractivity contribution in [2.75, 3.05) is 5.32 Å². The SMILES string of the molecule is O=C(Cn1ccc(C(F)(F)F)n1)Nc1ccccc1Sc1ccc(Cl)cc1. The monoisotopic (exact) mass is 411 g/mol. The molecule has 3 aromatic rings. The molecule has 0 bridgehead atoms. The standard InChI is InChI=1S/C18H13ClF3N3OS/c19-12-5-7-13(8-6-12)27-15-4-2-1-3-14(15)23-17(26)11-25-10-9-16(24-25)18(20,21)22/h1-10H,11H2,(H,23,26). The van der Waals surface area contributed by atoms with Gasteiger partial charge in [0.15, 0.2) is 5.69 Å². The van der Waals surface area contributed by atoms with Crippen LogP contribution in [0.2, 0.25) is 5.02 Å². The van der Waals surface area contributed by atoms with E-state index in [0.29, 0.717) is 10.7 Å². The van der Waals surface area contributed by atoms with Gasteiger partial charge in [0, 0.05) is 21.0 Å². The summed E-state index contributed by atoms with van der Waals surface area (Å²) in [6, 6.07) is 15.2. The lowest BCUT2D eigenvalue weighted by atomic mass is 10.3. The second kappa shape index (κ2) is 8.06. The minimum atomic E-state index is -4.54. The molecule has 1 N–H and O–H groups in total. The molecule has 0 fully saturated rings. The summed E-state index contributed by atoms with van der Waals surface area (Å²) >= 11 is 7.31. The summed E-state index contributed by atoms with van der Waals surface area (Å²) < 4.78 is 38.7. The molecule has 140 valence electrons. The number of carbonyl (C=O) groups is 1. The van der Waals surface area contributed by atoms with E-state index in [2.05, 4.69) is 10.4 Å². The Morgan fingerprint density at radius 1 is 1.11 bits per heavy atom. The third kappa shape index (κ3) is 5.27. The van der Waals surface area contributed by atoms with Crippen molar-refractivity contribution in [3.05, 3.63) is 71.5 Å². The van der Waals surface area contributed by atoms with Crippen molar-refractivity contribution in [2.24, 2.45) is 0 Å². The van der Waals surface area contributed by atoms with Crippen molar-refractivity contribution in [2.45, 2.75) is 22.5 Å². The van der Waals surface area contributed by atoms with Gasteiger partial charge in [-0.1, -0.05) is 35.5 Å². The predicted octanol–water partition coefficient (Wildman–Crippen LogP) is 5.35. The minimum Gasteiger partial charge on any atom is -0.323 e. The normalized spacial score (nSPS) is 11.4. The third-order valence-electron chi connectivity index (χ3n) is 3.44. The van der Waals surface area contributed by atoms with Crippen LogP contribution in [0.1, 0.15) is 5.69 Å². The van der Waals surface area contributed by atoms with Gasteiger partial charge in [0.1, 0.15) is 6.54 Å². The van der Waals surface area contributed by atoms with Crippen molar-refractivity contribution in [1.82, 2.24) is 9.78 Å². The number of benzene rings is 2. The molecule has 0 atom stereocenters. The molecule has 0 saturated carbocycles. The van der Waals surface area contributed by atoms with Gasteiger partial charge in [-0.25, -0.2) is 0 Å². The molecule has 0 radical (unpaired) electrons. The Labute approximate surface area is 162 Å². The van der Waals surface area contributed by atoms with Crippen LogP contribution < -0.4 is 5.32 Å². The molecular formula is C18H13ClF3N3OS. The zero-order valence-electron chi connectivity index (χ0n) is 13.7. The van der Waals surface area contributed by atoms with Gasteiger partial charge in [-0.2, -0.15) is 18.3 Å². The van der Waals surface area contributed by atoms with E-state index in [1.165, 1.54) is 11.8 Å². The minimum absolute atomic E-state index is 0.323. The van der Waals surface area contributed by atoms with Gasteiger partial charge in [0.25, 0.3) is 0 Å². The number of aromatic nitrogens is 2. The molecule has 0 aliphatic carbocycles. The molecule has 0 aliphatic rings. The Morgan fingerprint density at radius 2 is 1.81 bits per heavy atom. The Hall–Kier alpha value is -2.45. The van der Waals surface area contributed by atoms with Crippen molar-refractivity contribution >= 4 is 35.0 Å². The van der Waals surface area contributed by atoms with E-state index in [-0.39, 0.29) is 6.54 Å². The Bertz CT molecular complexity index is 942. The second-order valence-corrected chi connectivity index (χ2v) is 7.05. The summed E-state index contributed by atoms with van der Waals surface area (Å²) in [6.07, 6.45) is -3.42. The lowest BCUT2D eigenvalue weighted by molar-refractivity contribution is -0.141. The van der Waals surface area contributed by atoms with E-state index in [0.717, 1.165) is 26.7 Å². The number of nitrogens with zero attached hydrogens (tertiary/aromatic N) is 2. The zero-order valence-corrected chi connectivity index (χ0v) is 15.3. The van der Waals surface area contributed by atoms with Crippen molar-refractivity contribution in [3.8, 4) is 0 Å². The van der Waals surface area contributed by atoms with E-state index in [1.807, 2.05) is 24.3 Å². The average molecular weight is 412 g/mol. The third-order valence-corrected chi connectivity index (χ3v) is 4.78. The van der Waals surface area contributed by atoms with Gasteiger partial charge in [-0.05, 0) is 42.5 Å². The molecular weight excluding hydrogens is 399 g/mol. The van der Waals surface area contributed by atoms with Crippen molar-refractivity contribution < 1.29 is 18.0 Å². The molecule has 0 saturated heterocycles. The van der Waals surface area contributed by atoms with E-state index in [4.69, 9.17) is 11.6 Å². The Balaban J connectivity index is 1.69. The first-order valence-electron chi connectivity index (χ1n) is 7.74. The summed E-state index contributed by atoms with van der Waals surface area (Å²) in [6.45, 7) is -0.323. The summed E-state index contributed by atoms with van der Waals surface area (Å²) in [7, 11) is 0. The fourth-order valence-electron chi connectivity index (χ4n) is 2.23. The van der Waals surface area contributed by atoms with Crippen LogP contribution in [-0.2, 0) is 17.5 Å². The van der Waals surface area contributed by atoms with Crippen LogP contribution in [0.3, 0.4) is 0 Å². The highest BCUT2D eigenvalue weighted by Gasteiger charge is 2.33. The van der Waals surface area contributed by atoms with Gasteiger partial charge in [-0.3, -0.25) is 9.48 Å². The van der Waals surface area contributed by atoms with Crippen molar-refractivity contribution in [3.63, 3.8) is 0 Å². The number of anilines is 1. The first kappa shape index (κ1) is 19.3. The van der Waals surface area contributed by atoms with Crippen LogP contribution in [0.15, 0.2) is 70.6 Å². The van der Waals surface area contributed by atoms with Gasteiger partial charge < -0.3 is 5.32 Å². The molecule has 0 spiro atoms. The number of alkyl halides is 3. The zero-order chi connectivity index (χ0) is 19.4. The predicted molar refractivity (Wildman–Crippen MR) is 97.9 cm³/mol. The molecule has 0 unspecified atom stereocenters. The smallest absolute Gasteiger partial charge is 0.323 e. The largest absolute Gasteiger partial charge is 0.435 e. The molecule has 27 heavy (non-hydrogen) atoms. The van der Waals surface area contributed by atoms with Gasteiger partial charge in [0.2, 0.25) is 5.91 Å². The Kier molecular flexibility index (Phi) is 5.76. The van der Waals surface area contributed by atoms with Gasteiger partial charge >= 0.3 is 6.18 Å². The van der Waals surface area contributed by atoms with E-state index in [1.54, 1.807) is 24.3 Å². The highest BCUT2D eigenvalue weighted by molar-refractivity contribution is 7.99. The summed E-state index contributed by atoms with van der Waals surface area (Å²) in [5.41, 5.74) is -0.473. The molecule has 1 aromatic heterocycles. The van der Waals surface area contributed by atoms with Gasteiger partial charge in [-0.15, -0.1) is 0 Å². The lowest BCUT2D eigenvalue weighted by Gasteiger charge is -2.11. The summed E-state index contributed by atoms with van der Waals surface area (Å²) in [5.74, 6) is -0.476. The number of nitrogens with one attached hydrogen (secondary N) is 1. The number of amides is 1. The maximum Gasteiger partial charge on any atom is 0.435 e. The first-order valence-corrected chi connectivity index (χ1v) is 8.94. The van der Waals surface area contributed by atoms with E-state index >= 15 is 0 Å². The molecule has 3 rings (SSSR count).